The van der Waals surface area contributed by atoms with Gasteiger partial charge in [0.1, 0.15) is 18.3 Å². The zero-order valence-corrected chi connectivity index (χ0v) is 17.6. The van der Waals surface area contributed by atoms with Crippen LogP contribution in [0, 0.1) is 0 Å². The van der Waals surface area contributed by atoms with Crippen LogP contribution in [0.2, 0.25) is 0 Å². The van der Waals surface area contributed by atoms with Crippen molar-refractivity contribution < 1.29 is 66.5 Å². The van der Waals surface area contributed by atoms with Crippen molar-refractivity contribution in [1.29, 1.82) is 0 Å². The first-order valence-electron chi connectivity index (χ1n) is 7.80. The molecule has 0 bridgehead atoms. The Morgan fingerprint density at radius 1 is 1.03 bits per heavy atom. The third-order valence-corrected chi connectivity index (χ3v) is 7.44. The number of hydrogen-bond acceptors (Lipinski definition) is 12. The predicted octanol–water partition coefficient (Wildman–Crippen LogP) is -3.01. The van der Waals surface area contributed by atoms with Gasteiger partial charge in [-0.05, 0) is 0 Å². The van der Waals surface area contributed by atoms with E-state index in [1.165, 1.54) is 0 Å². The van der Waals surface area contributed by atoms with Crippen molar-refractivity contribution in [3.05, 3.63) is 32.6 Å². The Kier molecular flexibility index (Phi) is 7.96. The van der Waals surface area contributed by atoms with Crippen LogP contribution in [0.1, 0.15) is 11.8 Å². The second-order valence-corrected chi connectivity index (χ2v) is 10.3. The van der Waals surface area contributed by atoms with Crippen molar-refractivity contribution in [2.75, 3.05) is 6.61 Å². The molecule has 18 nitrogen and oxygen atoms in total. The van der Waals surface area contributed by atoms with E-state index in [-0.39, 0.29) is 5.56 Å². The minimum Gasteiger partial charge on any atom is -0.391 e. The summed E-state index contributed by atoms with van der Waals surface area (Å²) in [7, 11) is -16.9. The fourth-order valence-electron chi connectivity index (χ4n) is 2.40. The van der Waals surface area contributed by atoms with Crippen molar-refractivity contribution in [3.8, 4) is 0 Å². The second kappa shape index (κ2) is 9.43. The second-order valence-electron chi connectivity index (χ2n) is 5.91. The zero-order valence-electron chi connectivity index (χ0n) is 14.9. The largest absolute Gasteiger partial charge is 0.490 e. The van der Waals surface area contributed by atoms with Crippen molar-refractivity contribution in [3.63, 3.8) is 0 Å². The molecule has 2 unspecified atom stereocenters. The number of aliphatic hydroxyl groups excluding tert-OH is 3. The molecule has 1 aromatic heterocycles. The molecule has 1 saturated heterocycles. The summed E-state index contributed by atoms with van der Waals surface area (Å²) < 4.78 is 50.6. The number of nitrogens with one attached hydrogen (secondary N) is 1. The molecule has 31 heavy (non-hydrogen) atoms. The molecule has 2 rings (SSSR count). The van der Waals surface area contributed by atoms with Crippen LogP contribution in [-0.4, -0.2) is 69.4 Å². The molecule has 0 saturated carbocycles. The number of ether oxygens (including phenoxy) is 1. The molecule has 0 radical (unpaired) electrons. The molecule has 178 valence electrons. The fourth-order valence-corrected chi connectivity index (χ4v) is 5.43. The van der Waals surface area contributed by atoms with Crippen molar-refractivity contribution in [1.82, 2.24) is 9.55 Å². The molecule has 21 heteroatoms. The maximum Gasteiger partial charge on any atom is 0.490 e. The fraction of sp³-hybridized carbons (Fsp3) is 0.600. The van der Waals surface area contributed by atoms with Gasteiger partial charge in [0.25, 0.3) is 5.56 Å². The van der Waals surface area contributed by atoms with Crippen LogP contribution in [0.4, 0.5) is 0 Å². The Morgan fingerprint density at radius 2 is 1.65 bits per heavy atom. The van der Waals surface area contributed by atoms with Gasteiger partial charge in [0.15, 0.2) is 6.23 Å². The molecular formula is C10H17N2O16P3. The molecule has 6 atom stereocenters. The van der Waals surface area contributed by atoms with Crippen LogP contribution in [0.25, 0.3) is 0 Å². The molecule has 8 N–H and O–H groups in total. The van der Waals surface area contributed by atoms with Gasteiger partial charge in [0.05, 0.1) is 18.8 Å². The molecule has 0 aromatic carbocycles. The molecule has 0 spiro atoms. The van der Waals surface area contributed by atoms with Gasteiger partial charge < -0.3 is 39.6 Å². The molecule has 2 heterocycles. The van der Waals surface area contributed by atoms with Crippen LogP contribution in [0.15, 0.2) is 15.8 Å². The molecular weight excluding hydrogens is 497 g/mol. The SMILES string of the molecule is O=c1[nH]c(=O)n([C@@H]2O[C@H](COP(=O)(O)OP(=O)(O)OP(=O)(O)O)[C@H](O)[C@@H]2O)cc1CO. The molecule has 1 aliphatic rings. The van der Waals surface area contributed by atoms with E-state index in [2.05, 4.69) is 13.1 Å². The van der Waals surface area contributed by atoms with Crippen LogP contribution in [0.5, 0.6) is 0 Å². The third kappa shape index (κ3) is 6.95. The number of rotatable bonds is 9. The van der Waals surface area contributed by atoms with Crippen molar-refractivity contribution >= 4 is 23.5 Å². The number of H-pyrrole nitrogens is 1. The number of nitrogens with zero attached hydrogens (tertiary/aromatic N) is 1. The quantitative estimate of drug-likeness (QED) is 0.152. The topological polar surface area (TPSA) is 285 Å². The van der Waals surface area contributed by atoms with Gasteiger partial charge in [-0.3, -0.25) is 18.9 Å². The normalized spacial score (nSPS) is 28.2. The van der Waals surface area contributed by atoms with Gasteiger partial charge in [-0.2, -0.15) is 8.62 Å². The summed E-state index contributed by atoms with van der Waals surface area (Å²) in [5.74, 6) is 0. The minimum atomic E-state index is -5.76. The highest BCUT2D eigenvalue weighted by molar-refractivity contribution is 7.66. The van der Waals surface area contributed by atoms with Gasteiger partial charge in [-0.15, -0.1) is 0 Å². The lowest BCUT2D eigenvalue weighted by Crippen LogP contribution is -2.39. The summed E-state index contributed by atoms with van der Waals surface area (Å²) in [6, 6.07) is 0. The highest BCUT2D eigenvalue weighted by Crippen LogP contribution is 2.66. The molecule has 1 aliphatic heterocycles. The van der Waals surface area contributed by atoms with Gasteiger partial charge in [-0.25, -0.2) is 18.5 Å². The first-order chi connectivity index (χ1) is 14.1. The van der Waals surface area contributed by atoms with E-state index in [1.807, 2.05) is 4.98 Å². The van der Waals surface area contributed by atoms with Crippen LogP contribution in [0.3, 0.4) is 0 Å². The number of aromatic amines is 1. The lowest BCUT2D eigenvalue weighted by atomic mass is 10.1. The van der Waals surface area contributed by atoms with Gasteiger partial charge in [0.2, 0.25) is 0 Å². The summed E-state index contributed by atoms with van der Waals surface area (Å²) in [5.41, 5.74) is -2.30. The number of phosphoric ester groups is 1. The number of aliphatic hydroxyl groups is 3. The van der Waals surface area contributed by atoms with E-state index < -0.39 is 72.5 Å². The van der Waals surface area contributed by atoms with E-state index in [0.29, 0.717) is 4.57 Å². The first-order valence-corrected chi connectivity index (χ1v) is 12.3. The Bertz CT molecular complexity index is 1060. The molecule has 1 aromatic rings. The van der Waals surface area contributed by atoms with E-state index in [4.69, 9.17) is 24.5 Å². The highest BCUT2D eigenvalue weighted by Gasteiger charge is 2.46. The molecule has 0 amide bonds. The van der Waals surface area contributed by atoms with E-state index in [0.717, 1.165) is 6.20 Å². The average molecular weight is 514 g/mol. The van der Waals surface area contributed by atoms with E-state index >= 15 is 0 Å². The maximum atomic E-state index is 11.9. The van der Waals surface area contributed by atoms with Gasteiger partial charge in [-0.1, -0.05) is 0 Å². The summed E-state index contributed by atoms with van der Waals surface area (Å²) in [4.78, 5) is 60.6. The number of hydrogen-bond donors (Lipinski definition) is 8. The maximum absolute atomic E-state index is 11.9. The number of aromatic nitrogens is 2. The van der Waals surface area contributed by atoms with E-state index in [9.17, 15) is 38.4 Å². The Hall–Kier alpha value is -1.07. The third-order valence-electron chi connectivity index (χ3n) is 3.64. The summed E-state index contributed by atoms with van der Waals surface area (Å²) in [5, 5.41) is 29.2. The Balaban J connectivity index is 2.12. The monoisotopic (exact) mass is 514 g/mol. The zero-order chi connectivity index (χ0) is 23.8. The lowest BCUT2D eigenvalue weighted by molar-refractivity contribution is -0.0544. The highest BCUT2D eigenvalue weighted by atomic mass is 31.3. The standard InChI is InChI=1S/C10H17N2O16P3/c13-2-4-1-12(10(17)11-8(4)16)9-7(15)6(14)5(26-9)3-25-30(21,22)28-31(23,24)27-29(18,19)20/h1,5-7,9,13-15H,2-3H2,(H,21,22)(H,23,24)(H,11,16,17)(H2,18,19,20)/t5-,6+,7+,9-/m1/s1. The average Bonchev–Trinajstić information content (AvgIpc) is 2.85. The number of phosphoric acid groups is 3. The summed E-state index contributed by atoms with van der Waals surface area (Å²) in [6.45, 7) is -1.88. The van der Waals surface area contributed by atoms with Crippen molar-refractivity contribution in [2.24, 2.45) is 0 Å². The molecule has 0 aliphatic carbocycles. The van der Waals surface area contributed by atoms with Crippen LogP contribution >= 0.6 is 23.5 Å². The Labute approximate surface area is 170 Å². The predicted molar refractivity (Wildman–Crippen MR) is 93.0 cm³/mol. The van der Waals surface area contributed by atoms with Crippen LogP contribution < -0.4 is 11.2 Å². The van der Waals surface area contributed by atoms with Crippen LogP contribution in [-0.2, 0) is 38.2 Å². The van der Waals surface area contributed by atoms with Gasteiger partial charge >= 0.3 is 29.2 Å². The summed E-state index contributed by atoms with van der Waals surface area (Å²) in [6.07, 6.45) is -6.15. The van der Waals surface area contributed by atoms with Crippen molar-refractivity contribution in [2.45, 2.75) is 31.1 Å². The molecule has 1 fully saturated rings. The first kappa shape index (κ1) is 26.2. The Morgan fingerprint density at radius 3 is 2.19 bits per heavy atom. The minimum absolute atomic E-state index is 0.290. The van der Waals surface area contributed by atoms with Gasteiger partial charge in [0, 0.05) is 6.20 Å². The smallest absolute Gasteiger partial charge is 0.391 e. The summed E-state index contributed by atoms with van der Waals surface area (Å²) >= 11 is 0. The lowest BCUT2D eigenvalue weighted by Gasteiger charge is -2.19. The van der Waals surface area contributed by atoms with E-state index in [1.54, 1.807) is 0 Å².